The van der Waals surface area contributed by atoms with E-state index in [1.54, 1.807) is 6.19 Å². The van der Waals surface area contributed by atoms with Crippen molar-refractivity contribution in [3.05, 3.63) is 0 Å². The van der Waals surface area contributed by atoms with E-state index in [1.165, 1.54) is 19.3 Å². The molecule has 2 saturated carbocycles. The lowest BCUT2D eigenvalue weighted by Crippen LogP contribution is -2.30. The summed E-state index contributed by atoms with van der Waals surface area (Å²) in [6.07, 6.45) is 6.41. The molecule has 12 heavy (non-hydrogen) atoms. The molecular formula is C9H12N2O. The zero-order valence-corrected chi connectivity index (χ0v) is 6.92. The number of amides is 1. The Kier molecular flexibility index (Phi) is 1.76. The van der Waals surface area contributed by atoms with Crippen LogP contribution in [0.15, 0.2) is 0 Å². The van der Waals surface area contributed by atoms with Crippen LogP contribution in [0, 0.1) is 29.2 Å². The minimum atomic E-state index is -0.0512. The minimum Gasteiger partial charge on any atom is -0.274 e. The molecule has 2 rings (SSSR count). The maximum atomic E-state index is 11.3. The molecule has 1 N–H and O–H groups in total. The number of rotatable bonds is 1. The summed E-state index contributed by atoms with van der Waals surface area (Å²) in [4.78, 5) is 11.3. The number of nitriles is 1. The average Bonchev–Trinajstić information content (AvgIpc) is 2.64. The summed E-state index contributed by atoms with van der Waals surface area (Å²) in [6, 6.07) is 0. The third-order valence-electron chi connectivity index (χ3n) is 3.25. The lowest BCUT2D eigenvalue weighted by Gasteiger charge is -2.18. The van der Waals surface area contributed by atoms with Crippen LogP contribution in [0.2, 0.25) is 0 Å². The molecule has 0 heterocycles. The molecular weight excluding hydrogens is 152 g/mol. The lowest BCUT2D eigenvalue weighted by molar-refractivity contribution is -0.125. The van der Waals surface area contributed by atoms with Crippen LogP contribution in [0.4, 0.5) is 0 Å². The quantitative estimate of drug-likeness (QED) is 0.464. The van der Waals surface area contributed by atoms with Crippen molar-refractivity contribution in [2.24, 2.45) is 17.8 Å². The van der Waals surface area contributed by atoms with Crippen molar-refractivity contribution in [3.63, 3.8) is 0 Å². The van der Waals surface area contributed by atoms with Gasteiger partial charge in [-0.1, -0.05) is 6.42 Å². The second-order valence-corrected chi connectivity index (χ2v) is 3.88. The molecule has 0 spiro atoms. The predicted octanol–water partition coefficient (Wildman–Crippen LogP) is 1.02. The molecule has 2 aliphatic rings. The van der Waals surface area contributed by atoms with Crippen molar-refractivity contribution < 1.29 is 4.79 Å². The topological polar surface area (TPSA) is 52.9 Å². The molecule has 3 nitrogen and oxygen atoms in total. The summed E-state index contributed by atoms with van der Waals surface area (Å²) in [5.41, 5.74) is 0. The molecule has 2 fully saturated rings. The standard InChI is InChI=1S/C9H12N2O/c10-5-11-9(12)8-4-6-1-2-7(8)3-6/h6-8H,1-4H2,(H,11,12). The number of nitrogens with one attached hydrogen (secondary N) is 1. The minimum absolute atomic E-state index is 0.0512. The van der Waals surface area contributed by atoms with Gasteiger partial charge in [0.1, 0.15) is 0 Å². The van der Waals surface area contributed by atoms with Crippen molar-refractivity contribution in [3.8, 4) is 6.19 Å². The Balaban J connectivity index is 1.99. The first kappa shape index (κ1) is 7.60. The third kappa shape index (κ3) is 1.08. The van der Waals surface area contributed by atoms with E-state index in [0.717, 1.165) is 12.3 Å². The van der Waals surface area contributed by atoms with E-state index in [0.29, 0.717) is 5.92 Å². The van der Waals surface area contributed by atoms with E-state index in [2.05, 4.69) is 5.32 Å². The van der Waals surface area contributed by atoms with Crippen LogP contribution in [-0.4, -0.2) is 5.91 Å². The van der Waals surface area contributed by atoms with E-state index < -0.39 is 0 Å². The van der Waals surface area contributed by atoms with Crippen molar-refractivity contribution in [1.82, 2.24) is 5.32 Å². The highest BCUT2D eigenvalue weighted by Crippen LogP contribution is 2.48. The average molecular weight is 164 g/mol. The fourth-order valence-corrected chi connectivity index (χ4v) is 2.71. The van der Waals surface area contributed by atoms with Crippen molar-refractivity contribution in [2.45, 2.75) is 25.7 Å². The Morgan fingerprint density at radius 1 is 1.42 bits per heavy atom. The first-order valence-electron chi connectivity index (χ1n) is 4.50. The number of carbonyl (C=O) groups excluding carboxylic acids is 1. The van der Waals surface area contributed by atoms with Gasteiger partial charge in [-0.15, -0.1) is 0 Å². The van der Waals surface area contributed by atoms with Gasteiger partial charge in [-0.25, -0.2) is 0 Å². The molecule has 3 heteroatoms. The van der Waals surface area contributed by atoms with E-state index in [4.69, 9.17) is 5.26 Å². The molecule has 3 atom stereocenters. The molecule has 0 aromatic carbocycles. The maximum Gasteiger partial charge on any atom is 0.236 e. The van der Waals surface area contributed by atoms with Crippen LogP contribution < -0.4 is 5.32 Å². The Morgan fingerprint density at radius 2 is 2.25 bits per heavy atom. The number of hydrogen-bond donors (Lipinski definition) is 1. The Morgan fingerprint density at radius 3 is 2.75 bits per heavy atom. The van der Waals surface area contributed by atoms with Crippen LogP contribution in [0.5, 0.6) is 0 Å². The molecule has 0 aliphatic heterocycles. The molecule has 2 aliphatic carbocycles. The predicted molar refractivity (Wildman–Crippen MR) is 42.7 cm³/mol. The van der Waals surface area contributed by atoms with Crippen LogP contribution in [0.3, 0.4) is 0 Å². The van der Waals surface area contributed by atoms with Crippen LogP contribution in [-0.2, 0) is 4.79 Å². The first-order chi connectivity index (χ1) is 5.81. The van der Waals surface area contributed by atoms with E-state index in [-0.39, 0.29) is 11.8 Å². The van der Waals surface area contributed by atoms with E-state index in [9.17, 15) is 4.79 Å². The highest BCUT2D eigenvalue weighted by molar-refractivity contribution is 5.80. The number of fused-ring (bicyclic) bond motifs is 2. The molecule has 64 valence electrons. The molecule has 0 aromatic heterocycles. The van der Waals surface area contributed by atoms with Crippen LogP contribution >= 0.6 is 0 Å². The van der Waals surface area contributed by atoms with Crippen molar-refractivity contribution in [1.29, 1.82) is 5.26 Å². The van der Waals surface area contributed by atoms with Gasteiger partial charge < -0.3 is 0 Å². The van der Waals surface area contributed by atoms with Crippen LogP contribution in [0.25, 0.3) is 0 Å². The number of nitrogens with zero attached hydrogens (tertiary/aromatic N) is 1. The zero-order valence-electron chi connectivity index (χ0n) is 6.92. The molecule has 3 unspecified atom stereocenters. The van der Waals surface area contributed by atoms with Gasteiger partial charge in [0, 0.05) is 5.92 Å². The summed E-state index contributed by atoms with van der Waals surface area (Å²) in [6.45, 7) is 0. The van der Waals surface area contributed by atoms with Gasteiger partial charge in [-0.3, -0.25) is 10.1 Å². The third-order valence-corrected chi connectivity index (χ3v) is 3.25. The van der Waals surface area contributed by atoms with Crippen molar-refractivity contribution in [2.75, 3.05) is 0 Å². The molecule has 2 bridgehead atoms. The van der Waals surface area contributed by atoms with E-state index >= 15 is 0 Å². The first-order valence-corrected chi connectivity index (χ1v) is 4.50. The Hall–Kier alpha value is -1.04. The largest absolute Gasteiger partial charge is 0.274 e. The summed E-state index contributed by atoms with van der Waals surface area (Å²) >= 11 is 0. The summed E-state index contributed by atoms with van der Waals surface area (Å²) in [7, 11) is 0. The Labute approximate surface area is 71.8 Å². The fourth-order valence-electron chi connectivity index (χ4n) is 2.71. The summed E-state index contributed by atoms with van der Waals surface area (Å²) < 4.78 is 0. The fraction of sp³-hybridized carbons (Fsp3) is 0.778. The summed E-state index contributed by atoms with van der Waals surface area (Å²) in [5.74, 6) is 1.43. The van der Waals surface area contributed by atoms with E-state index in [1.807, 2.05) is 0 Å². The summed E-state index contributed by atoms with van der Waals surface area (Å²) in [5, 5.41) is 10.5. The van der Waals surface area contributed by atoms with Gasteiger partial charge in [-0.05, 0) is 31.1 Å². The van der Waals surface area contributed by atoms with Gasteiger partial charge >= 0.3 is 0 Å². The zero-order chi connectivity index (χ0) is 8.55. The van der Waals surface area contributed by atoms with Gasteiger partial charge in [0.05, 0.1) is 0 Å². The van der Waals surface area contributed by atoms with Gasteiger partial charge in [0.2, 0.25) is 5.91 Å². The monoisotopic (exact) mass is 164 g/mol. The molecule has 0 radical (unpaired) electrons. The highest BCUT2D eigenvalue weighted by atomic mass is 16.1. The lowest BCUT2D eigenvalue weighted by atomic mass is 9.88. The molecule has 0 aromatic rings. The second-order valence-electron chi connectivity index (χ2n) is 3.88. The number of hydrogen-bond acceptors (Lipinski definition) is 2. The van der Waals surface area contributed by atoms with Crippen molar-refractivity contribution >= 4 is 5.91 Å². The smallest absolute Gasteiger partial charge is 0.236 e. The molecule has 1 amide bonds. The van der Waals surface area contributed by atoms with Gasteiger partial charge in [-0.2, -0.15) is 5.26 Å². The number of carbonyl (C=O) groups is 1. The molecule has 0 saturated heterocycles. The van der Waals surface area contributed by atoms with Crippen LogP contribution in [0.1, 0.15) is 25.7 Å². The second kappa shape index (κ2) is 2.78. The normalized spacial score (nSPS) is 37.8. The van der Waals surface area contributed by atoms with Gasteiger partial charge in [0.25, 0.3) is 0 Å². The van der Waals surface area contributed by atoms with Gasteiger partial charge in [0.15, 0.2) is 6.19 Å². The maximum absolute atomic E-state index is 11.3. The Bertz CT molecular complexity index is 243. The SMILES string of the molecule is N#CNC(=O)C1CC2CCC1C2. The highest BCUT2D eigenvalue weighted by Gasteiger charge is 2.42.